The van der Waals surface area contributed by atoms with Gasteiger partial charge in [0.05, 0.1) is 13.2 Å². The molecule has 0 bridgehead atoms. The first-order valence-electron chi connectivity index (χ1n) is 9.99. The third-order valence-electron chi connectivity index (χ3n) is 5.14. The standard InChI is InChI=1S/C15H25N3O16P2/c16-7-1-2-18(15(25)17-7)13-11(23)9(21)6(31-13)4-30-35(26,27)34-36(28,29)33-14-12(24)10(22)8(20)5(3-19)32-14/h1-2,5-6,8-14,19-24H,3-4H2,(H,26,27)(H,28,29)(H2,16,17,25)/p-2/t5-,6-,8-,9-,10+,11-,12-,13-,14-/m1/s1. The third-order valence-corrected chi connectivity index (χ3v) is 7.67. The van der Waals surface area contributed by atoms with E-state index >= 15 is 0 Å². The molecular weight excluding hydrogens is 540 g/mol. The van der Waals surface area contributed by atoms with E-state index in [1.54, 1.807) is 0 Å². The average Bonchev–Trinajstić information content (AvgIpc) is 3.06. The van der Waals surface area contributed by atoms with Gasteiger partial charge >= 0.3 is 5.69 Å². The first-order chi connectivity index (χ1) is 16.7. The molecule has 0 saturated carbocycles. The van der Waals surface area contributed by atoms with Crippen LogP contribution in [-0.4, -0.2) is 102 Å². The van der Waals surface area contributed by atoms with Crippen LogP contribution in [0.25, 0.3) is 0 Å². The highest BCUT2D eigenvalue weighted by atomic mass is 31.3. The van der Waals surface area contributed by atoms with Crippen LogP contribution in [0, 0.1) is 0 Å². The number of nitrogens with zero attached hydrogens (tertiary/aromatic N) is 2. The predicted octanol–water partition coefficient (Wildman–Crippen LogP) is -5.77. The zero-order valence-corrected chi connectivity index (χ0v) is 19.7. The fraction of sp³-hybridized carbons (Fsp3) is 0.733. The fourth-order valence-corrected chi connectivity index (χ4v) is 5.41. The minimum atomic E-state index is -5.89. The molecule has 2 aliphatic rings. The molecule has 0 aromatic carbocycles. The molecule has 11 atom stereocenters. The minimum Gasteiger partial charge on any atom is -0.756 e. The van der Waals surface area contributed by atoms with Gasteiger partial charge in [-0.15, -0.1) is 0 Å². The second kappa shape index (κ2) is 11.2. The van der Waals surface area contributed by atoms with Crippen molar-refractivity contribution in [1.29, 1.82) is 0 Å². The van der Waals surface area contributed by atoms with Crippen molar-refractivity contribution in [3.05, 3.63) is 22.7 Å². The molecule has 36 heavy (non-hydrogen) atoms. The van der Waals surface area contributed by atoms with Gasteiger partial charge in [0.15, 0.2) is 12.5 Å². The Morgan fingerprint density at radius 3 is 2.25 bits per heavy atom. The van der Waals surface area contributed by atoms with Crippen LogP contribution in [0.15, 0.2) is 17.1 Å². The molecule has 1 aromatic rings. The molecule has 0 amide bonds. The van der Waals surface area contributed by atoms with E-state index in [1.807, 2.05) is 0 Å². The van der Waals surface area contributed by atoms with E-state index in [0.717, 1.165) is 10.8 Å². The van der Waals surface area contributed by atoms with Gasteiger partial charge in [-0.05, 0) is 6.07 Å². The Bertz CT molecular complexity index is 1070. The summed E-state index contributed by atoms with van der Waals surface area (Å²) in [5.41, 5.74) is 4.41. The number of anilines is 1. The monoisotopic (exact) mass is 563 g/mol. The number of phosphoric acid groups is 2. The topological polar surface area (TPSA) is 309 Å². The Labute approximate surface area is 201 Å². The second-order valence-corrected chi connectivity index (χ2v) is 10.6. The lowest BCUT2D eigenvalue weighted by Crippen LogP contribution is -2.59. The summed E-state index contributed by atoms with van der Waals surface area (Å²) in [6.45, 7) is -2.01. The number of aromatic nitrogens is 2. The zero-order valence-electron chi connectivity index (χ0n) is 17.9. The van der Waals surface area contributed by atoms with Crippen molar-refractivity contribution in [2.24, 2.45) is 0 Å². The SMILES string of the molecule is Nc1ccn([C@@H]2O[C@H](COP(=O)([O-])OP(=O)([O-])O[C@H]3O[C@H](CO)[C@@H](O)[C@H](O)[C@H]3O)[C@@H](O)[C@H]2O)c(=O)n1. The largest absolute Gasteiger partial charge is 0.756 e. The highest BCUT2D eigenvalue weighted by Crippen LogP contribution is 2.57. The van der Waals surface area contributed by atoms with E-state index in [4.69, 9.17) is 20.3 Å². The van der Waals surface area contributed by atoms with Crippen molar-refractivity contribution in [3.8, 4) is 0 Å². The number of nitrogens with two attached hydrogens (primary N) is 1. The molecule has 19 nitrogen and oxygen atoms in total. The van der Waals surface area contributed by atoms with Crippen molar-refractivity contribution in [2.75, 3.05) is 18.9 Å². The second-order valence-electron chi connectivity index (χ2n) is 7.66. The maximum absolute atomic E-state index is 12.0. The summed E-state index contributed by atoms with van der Waals surface area (Å²) in [6.07, 6.45) is -15.5. The summed E-state index contributed by atoms with van der Waals surface area (Å²) in [7, 11) is -11.7. The summed E-state index contributed by atoms with van der Waals surface area (Å²) in [4.78, 5) is 39.4. The van der Waals surface area contributed by atoms with E-state index in [-0.39, 0.29) is 5.82 Å². The van der Waals surface area contributed by atoms with E-state index < -0.39 is 89.8 Å². The van der Waals surface area contributed by atoms with Crippen LogP contribution >= 0.6 is 15.6 Å². The van der Waals surface area contributed by atoms with Gasteiger partial charge in [0.1, 0.15) is 48.5 Å². The number of hydrogen-bond donors (Lipinski definition) is 7. The number of hydrogen-bond acceptors (Lipinski definition) is 18. The first-order valence-corrected chi connectivity index (χ1v) is 12.9. The quantitative estimate of drug-likeness (QED) is 0.138. The molecule has 0 aliphatic carbocycles. The smallest absolute Gasteiger partial charge is 0.351 e. The Hall–Kier alpha value is -1.38. The van der Waals surface area contributed by atoms with Gasteiger partial charge in [0.2, 0.25) is 0 Å². The van der Waals surface area contributed by atoms with Gasteiger partial charge in [-0.3, -0.25) is 18.2 Å². The van der Waals surface area contributed by atoms with Crippen LogP contribution in [0.3, 0.4) is 0 Å². The van der Waals surface area contributed by atoms with Crippen LogP contribution < -0.4 is 21.2 Å². The van der Waals surface area contributed by atoms with E-state index in [2.05, 4.69) is 18.3 Å². The van der Waals surface area contributed by atoms with Gasteiger partial charge in [-0.25, -0.2) is 9.11 Å². The molecule has 0 radical (unpaired) electrons. The highest BCUT2D eigenvalue weighted by Gasteiger charge is 2.47. The Morgan fingerprint density at radius 1 is 1.00 bits per heavy atom. The number of aliphatic hydroxyl groups is 6. The maximum Gasteiger partial charge on any atom is 0.351 e. The highest BCUT2D eigenvalue weighted by molar-refractivity contribution is 7.59. The third kappa shape index (κ3) is 6.54. The number of aliphatic hydroxyl groups excluding tert-OH is 6. The number of nitrogen functional groups attached to an aromatic ring is 1. The molecule has 1 aromatic heterocycles. The summed E-state index contributed by atoms with van der Waals surface area (Å²) in [6, 6.07) is 1.19. The lowest BCUT2D eigenvalue weighted by Gasteiger charge is -2.41. The summed E-state index contributed by atoms with van der Waals surface area (Å²) in [5.74, 6) is -0.137. The number of phosphoric ester groups is 2. The van der Waals surface area contributed by atoms with Gasteiger partial charge < -0.3 is 60.2 Å². The average molecular weight is 563 g/mol. The lowest BCUT2D eigenvalue weighted by atomic mass is 10.00. The summed E-state index contributed by atoms with van der Waals surface area (Å²) in [5, 5.41) is 58.5. The Kier molecular flexibility index (Phi) is 9.05. The molecule has 2 saturated heterocycles. The molecule has 2 aliphatic heterocycles. The van der Waals surface area contributed by atoms with Gasteiger partial charge in [0.25, 0.3) is 15.6 Å². The van der Waals surface area contributed by atoms with Crippen LogP contribution in [0.2, 0.25) is 0 Å². The van der Waals surface area contributed by atoms with Crippen molar-refractivity contribution < 1.29 is 72.4 Å². The van der Waals surface area contributed by atoms with Gasteiger partial charge in [-0.1, -0.05) is 0 Å². The molecule has 206 valence electrons. The van der Waals surface area contributed by atoms with E-state index in [1.165, 1.54) is 6.07 Å². The fourth-order valence-electron chi connectivity index (χ4n) is 3.33. The lowest BCUT2D eigenvalue weighted by molar-refractivity contribution is -0.305. The Morgan fingerprint density at radius 2 is 1.64 bits per heavy atom. The molecule has 0 spiro atoms. The van der Waals surface area contributed by atoms with Crippen LogP contribution in [0.4, 0.5) is 5.82 Å². The number of ether oxygens (including phenoxy) is 2. The molecule has 2 fully saturated rings. The normalized spacial score (nSPS) is 38.4. The Balaban J connectivity index is 1.61. The molecule has 3 heterocycles. The van der Waals surface area contributed by atoms with Crippen molar-refractivity contribution >= 4 is 21.5 Å². The van der Waals surface area contributed by atoms with Crippen molar-refractivity contribution in [3.63, 3.8) is 0 Å². The summed E-state index contributed by atoms with van der Waals surface area (Å²) < 4.78 is 47.3. The van der Waals surface area contributed by atoms with Gasteiger partial charge in [-0.2, -0.15) is 4.98 Å². The van der Waals surface area contributed by atoms with Crippen molar-refractivity contribution in [2.45, 2.75) is 55.2 Å². The maximum atomic E-state index is 12.0. The van der Waals surface area contributed by atoms with Crippen molar-refractivity contribution in [1.82, 2.24) is 9.55 Å². The summed E-state index contributed by atoms with van der Waals surface area (Å²) >= 11 is 0. The van der Waals surface area contributed by atoms with E-state index in [0.29, 0.717) is 0 Å². The van der Waals surface area contributed by atoms with Crippen LogP contribution in [-0.2, 0) is 32.0 Å². The zero-order chi connectivity index (χ0) is 27.0. The van der Waals surface area contributed by atoms with E-state index in [9.17, 15) is 49.2 Å². The van der Waals surface area contributed by atoms with Crippen LogP contribution in [0.1, 0.15) is 6.23 Å². The van der Waals surface area contributed by atoms with Gasteiger partial charge in [0, 0.05) is 6.20 Å². The molecule has 21 heteroatoms. The molecule has 2 unspecified atom stereocenters. The molecule has 3 rings (SSSR count). The number of rotatable bonds is 9. The molecule has 8 N–H and O–H groups in total. The minimum absolute atomic E-state index is 0.137. The first kappa shape index (κ1) is 29.2. The predicted molar refractivity (Wildman–Crippen MR) is 106 cm³/mol. The van der Waals surface area contributed by atoms with Crippen LogP contribution in [0.5, 0.6) is 0 Å². The molecular formula is C15H23N3O16P2-2.